The lowest BCUT2D eigenvalue weighted by atomic mass is 9.72. The normalized spacial score (nSPS) is 31.8. The zero-order valence-electron chi connectivity index (χ0n) is 17.3. The molecule has 2 aliphatic rings. The van der Waals surface area contributed by atoms with Crippen molar-refractivity contribution < 1.29 is 9.32 Å². The predicted molar refractivity (Wildman–Crippen MR) is 111 cm³/mol. The lowest BCUT2D eigenvalue weighted by Crippen LogP contribution is -2.48. The van der Waals surface area contributed by atoms with Gasteiger partial charge in [-0.3, -0.25) is 4.21 Å². The predicted octanol–water partition coefficient (Wildman–Crippen LogP) is 5.71. The van der Waals surface area contributed by atoms with E-state index in [9.17, 15) is 9.32 Å². The van der Waals surface area contributed by atoms with Crippen molar-refractivity contribution in [3.63, 3.8) is 0 Å². The zero-order valence-corrected chi connectivity index (χ0v) is 18.2. The van der Waals surface area contributed by atoms with Gasteiger partial charge in [-0.25, -0.2) is 0 Å². The fraction of sp³-hybridized carbons (Fsp3) is 0.739. The van der Waals surface area contributed by atoms with E-state index in [2.05, 4.69) is 53.7 Å². The van der Waals surface area contributed by atoms with E-state index in [1.165, 1.54) is 22.3 Å². The number of rotatable bonds is 4. The maximum absolute atomic E-state index is 12.7. The molecule has 146 valence electrons. The van der Waals surface area contributed by atoms with Crippen LogP contribution in [0.2, 0.25) is 0 Å². The van der Waals surface area contributed by atoms with Gasteiger partial charge in [-0.15, -0.1) is 0 Å². The third-order valence-corrected chi connectivity index (χ3v) is 8.56. The maximum Gasteiger partial charge on any atom is 0.0925 e. The van der Waals surface area contributed by atoms with Crippen molar-refractivity contribution in [3.05, 3.63) is 34.4 Å². The second-order valence-corrected chi connectivity index (χ2v) is 11.5. The lowest BCUT2D eigenvalue weighted by Gasteiger charge is -2.46. The first-order valence-electron chi connectivity index (χ1n) is 10.4. The summed E-state index contributed by atoms with van der Waals surface area (Å²) in [5.41, 5.74) is 4.31. The Labute approximate surface area is 162 Å². The molecule has 0 aliphatic carbocycles. The minimum Gasteiger partial charge on any atom is -0.385 e. The molecule has 3 heteroatoms. The molecule has 3 rings (SSSR count). The third-order valence-electron chi connectivity index (χ3n) is 6.44. The van der Waals surface area contributed by atoms with E-state index in [1.54, 1.807) is 0 Å². The van der Waals surface area contributed by atoms with Crippen LogP contribution in [-0.4, -0.2) is 19.8 Å². The summed E-state index contributed by atoms with van der Waals surface area (Å²) in [6, 6.07) is 4.66. The summed E-state index contributed by atoms with van der Waals surface area (Å²) >= 11 is 0. The number of hydrogen-bond donors (Lipinski definition) is 1. The molecule has 2 fully saturated rings. The molecule has 2 saturated heterocycles. The van der Waals surface area contributed by atoms with E-state index in [0.29, 0.717) is 30.6 Å². The number of fused-ring (bicyclic) bond motifs is 2. The number of hydrogen-bond acceptors (Lipinski definition) is 2. The molecule has 2 unspecified atom stereocenters. The highest BCUT2D eigenvalue weighted by Crippen LogP contribution is 2.49. The van der Waals surface area contributed by atoms with Crippen LogP contribution in [0.1, 0.15) is 114 Å². The summed E-state index contributed by atoms with van der Waals surface area (Å²) in [5.74, 6) is 1.22. The first-order valence-corrected chi connectivity index (χ1v) is 11.7. The van der Waals surface area contributed by atoms with Crippen molar-refractivity contribution >= 4 is 10.8 Å². The van der Waals surface area contributed by atoms with Gasteiger partial charge in [0.2, 0.25) is 0 Å². The molecule has 0 spiro atoms. The Balaban J connectivity index is 2.18. The minimum atomic E-state index is -0.821. The summed E-state index contributed by atoms with van der Waals surface area (Å²) < 4.78 is 12.7. The summed E-state index contributed by atoms with van der Waals surface area (Å²) in [6.07, 6.45) is 4.50. The van der Waals surface area contributed by atoms with Gasteiger partial charge < -0.3 is 5.11 Å². The van der Waals surface area contributed by atoms with Crippen LogP contribution in [0.4, 0.5) is 0 Å². The highest BCUT2D eigenvalue weighted by atomic mass is 32.2. The van der Waals surface area contributed by atoms with Crippen LogP contribution >= 0.6 is 0 Å². The second-order valence-electron chi connectivity index (χ2n) is 9.48. The average molecular weight is 377 g/mol. The molecule has 1 aromatic rings. The Morgan fingerprint density at radius 3 is 1.77 bits per heavy atom. The van der Waals surface area contributed by atoms with Crippen LogP contribution in [0, 0.1) is 0 Å². The average Bonchev–Trinajstić information content (AvgIpc) is 2.55. The molecule has 1 aromatic carbocycles. The summed E-state index contributed by atoms with van der Waals surface area (Å²) in [7, 11) is -0.763. The summed E-state index contributed by atoms with van der Waals surface area (Å²) in [6.45, 7) is 13.4. The van der Waals surface area contributed by atoms with Gasteiger partial charge in [-0.2, -0.15) is 0 Å². The van der Waals surface area contributed by atoms with Gasteiger partial charge in [0.25, 0.3) is 0 Å². The fourth-order valence-corrected chi connectivity index (χ4v) is 7.20. The van der Waals surface area contributed by atoms with E-state index in [1.807, 2.05) is 0 Å². The van der Waals surface area contributed by atoms with Crippen LogP contribution in [0.25, 0.3) is 0 Å². The van der Waals surface area contributed by atoms with Crippen LogP contribution < -0.4 is 0 Å². The van der Waals surface area contributed by atoms with Crippen LogP contribution in [0.3, 0.4) is 0 Å². The topological polar surface area (TPSA) is 37.3 Å². The SMILES string of the molecule is CC(C)c1cc(C(C)C)c(C2(O)CC3CCCC(C2)S3=O)c(C(C)C)c1. The van der Waals surface area contributed by atoms with E-state index in [-0.39, 0.29) is 10.5 Å². The fourth-order valence-electron chi connectivity index (χ4n) is 4.98. The van der Waals surface area contributed by atoms with Crippen molar-refractivity contribution in [2.45, 2.75) is 108 Å². The molecular weight excluding hydrogens is 340 g/mol. The molecule has 0 saturated carbocycles. The minimum absolute atomic E-state index is 0.164. The van der Waals surface area contributed by atoms with Crippen molar-refractivity contribution in [3.8, 4) is 0 Å². The van der Waals surface area contributed by atoms with Crippen LogP contribution in [-0.2, 0) is 16.4 Å². The molecule has 2 heterocycles. The Bertz CT molecular complexity index is 644. The molecule has 0 amide bonds. The monoisotopic (exact) mass is 376 g/mol. The highest BCUT2D eigenvalue weighted by molar-refractivity contribution is 7.86. The molecule has 1 N–H and O–H groups in total. The first kappa shape index (κ1) is 20.1. The molecule has 2 aliphatic heterocycles. The molecular formula is C23H36O2S. The van der Waals surface area contributed by atoms with Gasteiger partial charge in [0.15, 0.2) is 0 Å². The molecule has 2 nitrogen and oxygen atoms in total. The summed E-state index contributed by atoms with van der Waals surface area (Å²) in [5, 5.41) is 12.2. The zero-order chi connectivity index (χ0) is 19.2. The van der Waals surface area contributed by atoms with Crippen molar-refractivity contribution in [2.24, 2.45) is 0 Å². The molecule has 26 heavy (non-hydrogen) atoms. The standard InChI is InChI=1S/C23H36O2S/c1-14(2)17-10-20(15(3)4)22(21(11-17)16(5)6)23(24)12-18-8-7-9-19(13-23)26(18)25/h10-11,14-16,18-19,24H,7-9,12-13H2,1-6H3. The molecule has 2 atom stereocenters. The van der Waals surface area contributed by atoms with E-state index in [0.717, 1.165) is 19.3 Å². The van der Waals surface area contributed by atoms with Crippen LogP contribution in [0.5, 0.6) is 0 Å². The Kier molecular flexibility index (Phi) is 5.71. The Morgan fingerprint density at radius 2 is 1.38 bits per heavy atom. The summed E-state index contributed by atoms with van der Waals surface area (Å²) in [4.78, 5) is 0. The van der Waals surface area contributed by atoms with E-state index >= 15 is 0 Å². The molecule has 2 bridgehead atoms. The lowest BCUT2D eigenvalue weighted by molar-refractivity contribution is 0.00450. The number of benzene rings is 1. The largest absolute Gasteiger partial charge is 0.385 e. The number of aliphatic hydroxyl groups is 1. The Morgan fingerprint density at radius 1 is 0.923 bits per heavy atom. The smallest absolute Gasteiger partial charge is 0.0925 e. The third kappa shape index (κ3) is 3.54. The van der Waals surface area contributed by atoms with Gasteiger partial charge in [-0.1, -0.05) is 60.1 Å². The first-order chi connectivity index (χ1) is 12.1. The highest BCUT2D eigenvalue weighted by Gasteiger charge is 2.48. The van der Waals surface area contributed by atoms with Gasteiger partial charge in [0.1, 0.15) is 0 Å². The van der Waals surface area contributed by atoms with Crippen molar-refractivity contribution in [1.29, 1.82) is 0 Å². The van der Waals surface area contributed by atoms with Gasteiger partial charge in [-0.05, 0) is 65.7 Å². The van der Waals surface area contributed by atoms with E-state index < -0.39 is 16.4 Å². The van der Waals surface area contributed by atoms with Crippen molar-refractivity contribution in [1.82, 2.24) is 0 Å². The second kappa shape index (κ2) is 7.39. The molecule has 0 radical (unpaired) electrons. The quantitative estimate of drug-likeness (QED) is 0.731. The Hall–Kier alpha value is -0.670. The van der Waals surface area contributed by atoms with Gasteiger partial charge >= 0.3 is 0 Å². The van der Waals surface area contributed by atoms with Crippen molar-refractivity contribution in [2.75, 3.05) is 0 Å². The van der Waals surface area contributed by atoms with Gasteiger partial charge in [0.05, 0.1) is 5.60 Å². The van der Waals surface area contributed by atoms with E-state index in [4.69, 9.17) is 0 Å². The van der Waals surface area contributed by atoms with Crippen LogP contribution in [0.15, 0.2) is 12.1 Å². The van der Waals surface area contributed by atoms with Gasteiger partial charge in [0, 0.05) is 21.3 Å². The molecule has 0 aromatic heterocycles. The maximum atomic E-state index is 12.7.